The van der Waals surface area contributed by atoms with Crippen LogP contribution in [0.1, 0.15) is 38.4 Å². The van der Waals surface area contributed by atoms with Crippen molar-refractivity contribution in [2.24, 2.45) is 24.6 Å². The number of aryl methyl sites for hydroxylation is 1. The van der Waals surface area contributed by atoms with E-state index in [0.29, 0.717) is 5.92 Å². The highest BCUT2D eigenvalue weighted by Gasteiger charge is 2.25. The summed E-state index contributed by atoms with van der Waals surface area (Å²) in [5.74, 6) is 2.22. The predicted octanol–water partition coefficient (Wildman–Crippen LogP) is 0.906. The fraction of sp³-hybridized carbons (Fsp3) is 0.909. The van der Waals surface area contributed by atoms with E-state index in [-0.39, 0.29) is 6.04 Å². The Labute approximate surface area is 96.4 Å². The summed E-state index contributed by atoms with van der Waals surface area (Å²) >= 11 is 0. The first-order valence-electron chi connectivity index (χ1n) is 6.13. The maximum Gasteiger partial charge on any atom is 0.176 e. The molecule has 0 aliphatic heterocycles. The second-order valence-corrected chi connectivity index (χ2v) is 5.09. The van der Waals surface area contributed by atoms with Gasteiger partial charge in [-0.3, -0.25) is 0 Å². The Kier molecular flexibility index (Phi) is 3.53. The molecule has 90 valence electrons. The van der Waals surface area contributed by atoms with Crippen LogP contribution in [-0.2, 0) is 13.5 Å². The average Bonchev–Trinajstić information content (AvgIpc) is 2.64. The minimum atomic E-state index is 0.187. The lowest BCUT2D eigenvalue weighted by Gasteiger charge is -2.30. The van der Waals surface area contributed by atoms with E-state index in [1.54, 1.807) is 7.05 Å². The molecule has 1 fully saturated rings. The van der Waals surface area contributed by atoms with Crippen LogP contribution < -0.4 is 5.73 Å². The molecule has 1 saturated carbocycles. The first-order valence-corrected chi connectivity index (χ1v) is 6.13. The van der Waals surface area contributed by atoms with Crippen molar-refractivity contribution in [2.45, 2.75) is 45.1 Å². The van der Waals surface area contributed by atoms with Crippen LogP contribution in [0.4, 0.5) is 0 Å². The molecule has 2 rings (SSSR count). The zero-order valence-corrected chi connectivity index (χ0v) is 10.1. The molecule has 3 atom stereocenters. The second-order valence-electron chi connectivity index (χ2n) is 5.09. The van der Waals surface area contributed by atoms with Crippen LogP contribution in [0.5, 0.6) is 0 Å². The van der Waals surface area contributed by atoms with Gasteiger partial charge in [-0.25, -0.2) is 0 Å². The first kappa shape index (κ1) is 11.5. The van der Waals surface area contributed by atoms with Gasteiger partial charge in [0.05, 0.1) is 7.05 Å². The van der Waals surface area contributed by atoms with Gasteiger partial charge in [-0.2, -0.15) is 4.80 Å². The fourth-order valence-electron chi connectivity index (χ4n) is 2.65. The van der Waals surface area contributed by atoms with E-state index in [0.717, 1.165) is 18.2 Å². The lowest BCUT2D eigenvalue weighted by molar-refractivity contribution is 0.244. The zero-order chi connectivity index (χ0) is 11.5. The molecule has 5 heteroatoms. The summed E-state index contributed by atoms with van der Waals surface area (Å²) in [6, 6.07) is 0.187. The summed E-state index contributed by atoms with van der Waals surface area (Å²) in [6.45, 7) is 2.32. The van der Waals surface area contributed by atoms with Gasteiger partial charge in [0, 0.05) is 12.5 Å². The van der Waals surface area contributed by atoms with Gasteiger partial charge in [-0.1, -0.05) is 19.8 Å². The molecule has 0 saturated heterocycles. The van der Waals surface area contributed by atoms with E-state index in [1.165, 1.54) is 30.5 Å². The molecule has 3 unspecified atom stereocenters. The SMILES string of the molecule is CC1CCCC(C(N)Cc2nnn(C)n2)C1. The van der Waals surface area contributed by atoms with E-state index in [1.807, 2.05) is 0 Å². The molecule has 16 heavy (non-hydrogen) atoms. The van der Waals surface area contributed by atoms with Gasteiger partial charge < -0.3 is 5.73 Å². The molecule has 2 N–H and O–H groups in total. The molecule has 1 heterocycles. The summed E-state index contributed by atoms with van der Waals surface area (Å²) in [5.41, 5.74) is 6.23. The maximum atomic E-state index is 6.23. The van der Waals surface area contributed by atoms with Crippen molar-refractivity contribution in [1.82, 2.24) is 20.2 Å². The summed E-state index contributed by atoms with van der Waals surface area (Å²) in [4.78, 5) is 1.49. The van der Waals surface area contributed by atoms with Crippen LogP contribution in [0.2, 0.25) is 0 Å². The van der Waals surface area contributed by atoms with E-state index < -0.39 is 0 Å². The molecule has 1 aliphatic carbocycles. The third-order valence-corrected chi connectivity index (χ3v) is 3.55. The quantitative estimate of drug-likeness (QED) is 0.826. The Bertz CT molecular complexity index is 335. The highest BCUT2D eigenvalue weighted by Crippen LogP contribution is 2.30. The number of nitrogens with two attached hydrogens (primary N) is 1. The maximum absolute atomic E-state index is 6.23. The number of aromatic nitrogens is 4. The molecule has 0 aromatic carbocycles. The highest BCUT2D eigenvalue weighted by molar-refractivity contribution is 4.88. The van der Waals surface area contributed by atoms with Crippen LogP contribution in [0.25, 0.3) is 0 Å². The molecular formula is C11H21N5. The molecule has 1 aromatic heterocycles. The normalized spacial score (nSPS) is 27.9. The average molecular weight is 223 g/mol. The van der Waals surface area contributed by atoms with Crippen LogP contribution in [-0.4, -0.2) is 26.2 Å². The first-order chi connectivity index (χ1) is 7.65. The Hall–Kier alpha value is -0.970. The number of hydrogen-bond donors (Lipinski definition) is 1. The monoisotopic (exact) mass is 223 g/mol. The van der Waals surface area contributed by atoms with Crippen molar-refractivity contribution < 1.29 is 0 Å². The summed E-state index contributed by atoms with van der Waals surface area (Å²) in [5, 5.41) is 12.0. The molecule has 0 amide bonds. The van der Waals surface area contributed by atoms with E-state index in [2.05, 4.69) is 22.3 Å². The van der Waals surface area contributed by atoms with Crippen LogP contribution >= 0.6 is 0 Å². The number of tetrazole rings is 1. The minimum Gasteiger partial charge on any atom is -0.327 e. The molecular weight excluding hydrogens is 202 g/mol. The molecule has 0 spiro atoms. The van der Waals surface area contributed by atoms with Crippen molar-refractivity contribution in [3.05, 3.63) is 5.82 Å². The minimum absolute atomic E-state index is 0.187. The van der Waals surface area contributed by atoms with Crippen molar-refractivity contribution in [2.75, 3.05) is 0 Å². The Morgan fingerprint density at radius 1 is 1.50 bits per heavy atom. The molecule has 0 bridgehead atoms. The van der Waals surface area contributed by atoms with Crippen molar-refractivity contribution in [1.29, 1.82) is 0 Å². The van der Waals surface area contributed by atoms with Gasteiger partial charge in [0.15, 0.2) is 5.82 Å². The van der Waals surface area contributed by atoms with E-state index in [4.69, 9.17) is 5.73 Å². The standard InChI is InChI=1S/C11H21N5/c1-8-4-3-5-9(6-8)10(12)7-11-13-15-16(2)14-11/h8-10H,3-7,12H2,1-2H3. The van der Waals surface area contributed by atoms with Crippen LogP contribution in [0.15, 0.2) is 0 Å². The lowest BCUT2D eigenvalue weighted by atomic mass is 9.78. The van der Waals surface area contributed by atoms with Gasteiger partial charge >= 0.3 is 0 Å². The van der Waals surface area contributed by atoms with Gasteiger partial charge in [0.2, 0.25) is 0 Å². The molecule has 0 radical (unpaired) electrons. The highest BCUT2D eigenvalue weighted by atomic mass is 15.6. The lowest BCUT2D eigenvalue weighted by Crippen LogP contribution is -2.35. The predicted molar refractivity (Wildman–Crippen MR) is 61.6 cm³/mol. The summed E-state index contributed by atoms with van der Waals surface area (Å²) < 4.78 is 0. The van der Waals surface area contributed by atoms with E-state index in [9.17, 15) is 0 Å². The number of hydrogen-bond acceptors (Lipinski definition) is 4. The zero-order valence-electron chi connectivity index (χ0n) is 10.1. The Morgan fingerprint density at radius 3 is 2.94 bits per heavy atom. The van der Waals surface area contributed by atoms with Gasteiger partial charge in [-0.15, -0.1) is 10.2 Å². The number of nitrogens with zero attached hydrogens (tertiary/aromatic N) is 4. The number of rotatable bonds is 3. The van der Waals surface area contributed by atoms with Crippen LogP contribution in [0.3, 0.4) is 0 Å². The molecule has 5 nitrogen and oxygen atoms in total. The largest absolute Gasteiger partial charge is 0.327 e. The summed E-state index contributed by atoms with van der Waals surface area (Å²) in [7, 11) is 1.78. The Morgan fingerprint density at radius 2 is 2.31 bits per heavy atom. The van der Waals surface area contributed by atoms with Crippen LogP contribution in [0, 0.1) is 11.8 Å². The molecule has 1 aliphatic rings. The second kappa shape index (κ2) is 4.91. The van der Waals surface area contributed by atoms with Gasteiger partial charge in [-0.05, 0) is 29.9 Å². The van der Waals surface area contributed by atoms with Crippen molar-refractivity contribution in [3.63, 3.8) is 0 Å². The summed E-state index contributed by atoms with van der Waals surface area (Å²) in [6.07, 6.45) is 5.93. The third kappa shape index (κ3) is 2.78. The van der Waals surface area contributed by atoms with Crippen molar-refractivity contribution >= 4 is 0 Å². The van der Waals surface area contributed by atoms with Gasteiger partial charge in [0.25, 0.3) is 0 Å². The van der Waals surface area contributed by atoms with Crippen molar-refractivity contribution in [3.8, 4) is 0 Å². The fourth-order valence-corrected chi connectivity index (χ4v) is 2.65. The molecule has 1 aromatic rings. The van der Waals surface area contributed by atoms with Gasteiger partial charge in [0.1, 0.15) is 0 Å². The third-order valence-electron chi connectivity index (χ3n) is 3.55. The smallest absolute Gasteiger partial charge is 0.176 e. The topological polar surface area (TPSA) is 69.6 Å². The van der Waals surface area contributed by atoms with E-state index >= 15 is 0 Å². The Balaban J connectivity index is 1.89.